The molecule has 0 bridgehead atoms. The van der Waals surface area contributed by atoms with Gasteiger partial charge in [-0.3, -0.25) is 14.2 Å². The van der Waals surface area contributed by atoms with Gasteiger partial charge in [-0.2, -0.15) is 0 Å². The molecule has 0 saturated carbocycles. The number of phosphoric ester groups is 1. The summed E-state index contributed by atoms with van der Waals surface area (Å²) in [6, 6.07) is 0. The summed E-state index contributed by atoms with van der Waals surface area (Å²) in [6.07, 6.45) is -0.134. The third-order valence-electron chi connectivity index (χ3n) is 1.00. The van der Waals surface area contributed by atoms with E-state index >= 15 is 0 Å². The first kappa shape index (κ1) is 8.67. The van der Waals surface area contributed by atoms with E-state index in [1.54, 1.807) is 0 Å². The van der Waals surface area contributed by atoms with Crippen LogP contribution in [-0.4, -0.2) is 30.7 Å². The van der Waals surface area contributed by atoms with E-state index in [0.717, 1.165) is 0 Å². The number of hydrogen-bond acceptors (Lipinski definition) is 5. The first-order valence-corrected chi connectivity index (χ1v) is 4.34. The van der Waals surface area contributed by atoms with Crippen molar-refractivity contribution in [2.45, 2.75) is 6.10 Å². The Bertz CT molecular complexity index is 187. The van der Waals surface area contributed by atoms with Crippen LogP contribution in [0.3, 0.4) is 0 Å². The van der Waals surface area contributed by atoms with E-state index in [1.807, 2.05) is 0 Å². The van der Waals surface area contributed by atoms with E-state index < -0.39 is 7.82 Å². The van der Waals surface area contributed by atoms with Crippen molar-refractivity contribution in [2.24, 2.45) is 0 Å². The van der Waals surface area contributed by atoms with Crippen LogP contribution >= 0.6 is 7.82 Å². The molecule has 64 valence electrons. The molecule has 11 heavy (non-hydrogen) atoms. The van der Waals surface area contributed by atoms with E-state index in [1.165, 1.54) is 0 Å². The molecule has 1 heterocycles. The highest BCUT2D eigenvalue weighted by atomic mass is 31.2. The van der Waals surface area contributed by atoms with Gasteiger partial charge in [0.05, 0.1) is 13.2 Å². The van der Waals surface area contributed by atoms with Gasteiger partial charge in [0.25, 0.3) is 0 Å². The third-order valence-corrected chi connectivity index (χ3v) is 1.83. The zero-order valence-electron chi connectivity index (χ0n) is 5.50. The minimum atomic E-state index is -4.15. The number of ether oxygens (including phenoxy) is 1. The molecule has 0 aliphatic carbocycles. The normalized spacial score (nSPS) is 27.2. The van der Waals surface area contributed by atoms with Crippen molar-refractivity contribution < 1.29 is 28.0 Å². The monoisotopic (exact) mass is 182 g/mol. The molecular formula is C4H7O6P. The molecule has 1 rings (SSSR count). The van der Waals surface area contributed by atoms with Crippen molar-refractivity contribution in [1.29, 1.82) is 0 Å². The van der Waals surface area contributed by atoms with Crippen LogP contribution in [0.1, 0.15) is 0 Å². The minimum absolute atomic E-state index is 0.0262. The van der Waals surface area contributed by atoms with Crippen molar-refractivity contribution in [3.8, 4) is 0 Å². The molecule has 1 N–H and O–H groups in total. The van der Waals surface area contributed by atoms with Crippen LogP contribution in [-0.2, 0) is 23.1 Å². The lowest BCUT2D eigenvalue weighted by Gasteiger charge is -2.05. The first-order valence-electron chi connectivity index (χ1n) is 2.85. The fourth-order valence-electron chi connectivity index (χ4n) is 0.426. The van der Waals surface area contributed by atoms with E-state index in [2.05, 4.69) is 13.8 Å². The predicted octanol–water partition coefficient (Wildman–Crippen LogP) is -0.325. The number of phosphoric acid groups is 1. The number of hydrogen-bond donors (Lipinski definition) is 1. The van der Waals surface area contributed by atoms with Crippen molar-refractivity contribution in [3.63, 3.8) is 0 Å². The fourth-order valence-corrected chi connectivity index (χ4v) is 0.951. The first-order chi connectivity index (χ1) is 5.14. The van der Waals surface area contributed by atoms with Gasteiger partial charge in [-0.1, -0.05) is 0 Å². The summed E-state index contributed by atoms with van der Waals surface area (Å²) < 4.78 is 23.3. The average molecular weight is 182 g/mol. The summed E-state index contributed by atoms with van der Waals surface area (Å²) >= 11 is 0. The Labute approximate surface area is 62.7 Å². The molecule has 0 aromatic carbocycles. The molecule has 1 fully saturated rings. The van der Waals surface area contributed by atoms with Gasteiger partial charge < -0.3 is 9.26 Å². The lowest BCUT2D eigenvalue weighted by Crippen LogP contribution is -2.00. The van der Waals surface area contributed by atoms with E-state index in [9.17, 15) is 9.36 Å². The van der Waals surface area contributed by atoms with Crippen molar-refractivity contribution in [2.75, 3.05) is 13.2 Å². The van der Waals surface area contributed by atoms with Gasteiger partial charge in [-0.25, -0.2) is 4.57 Å². The van der Waals surface area contributed by atoms with Gasteiger partial charge in [0.1, 0.15) is 6.10 Å². The van der Waals surface area contributed by atoms with Gasteiger partial charge in [0.15, 0.2) is 0 Å². The topological polar surface area (TPSA) is 85.4 Å². The fraction of sp³-hybridized carbons (Fsp3) is 0.750. The Kier molecular flexibility index (Phi) is 2.62. The van der Waals surface area contributed by atoms with Crippen LogP contribution in [0.5, 0.6) is 0 Å². The molecule has 0 aromatic heterocycles. The van der Waals surface area contributed by atoms with E-state index in [-0.39, 0.29) is 19.2 Å². The lowest BCUT2D eigenvalue weighted by atomic mass is 10.5. The third kappa shape index (κ3) is 3.48. The summed E-state index contributed by atoms with van der Waals surface area (Å²) in [5.41, 5.74) is 0. The molecule has 0 radical (unpaired) electrons. The molecule has 0 aromatic rings. The van der Waals surface area contributed by atoms with Crippen LogP contribution in [0.25, 0.3) is 0 Å². The summed E-state index contributed by atoms with van der Waals surface area (Å²) in [4.78, 5) is 18.2. The Morgan fingerprint density at radius 2 is 2.45 bits per heavy atom. The highest BCUT2D eigenvalue weighted by Crippen LogP contribution is 2.42. The van der Waals surface area contributed by atoms with Crippen LogP contribution < -0.4 is 0 Å². The van der Waals surface area contributed by atoms with E-state index in [0.29, 0.717) is 6.61 Å². The molecule has 0 spiro atoms. The van der Waals surface area contributed by atoms with Crippen molar-refractivity contribution >= 4 is 14.3 Å². The lowest BCUT2D eigenvalue weighted by molar-refractivity contribution is -0.122. The van der Waals surface area contributed by atoms with Gasteiger partial charge >= 0.3 is 14.3 Å². The second kappa shape index (κ2) is 3.32. The summed E-state index contributed by atoms with van der Waals surface area (Å²) in [5.74, 6) is 0. The second-order valence-corrected chi connectivity index (χ2v) is 3.33. The molecule has 1 aliphatic heterocycles. The standard InChI is InChI=1S/C4H7O6P/c5-3-10-11(6,7)9-2-4-1-8-4/h3-4H,1-2H2,(H,6,7). The minimum Gasteiger partial charge on any atom is -0.373 e. The molecule has 1 saturated heterocycles. The maximum absolute atomic E-state index is 10.6. The largest absolute Gasteiger partial charge is 0.529 e. The summed E-state index contributed by atoms with van der Waals surface area (Å²) in [7, 11) is -4.15. The molecule has 2 unspecified atom stereocenters. The van der Waals surface area contributed by atoms with Crippen LogP contribution in [0.2, 0.25) is 0 Å². The Balaban J connectivity index is 2.20. The smallest absolute Gasteiger partial charge is 0.373 e. The highest BCUT2D eigenvalue weighted by Gasteiger charge is 2.29. The van der Waals surface area contributed by atoms with Crippen LogP contribution in [0, 0.1) is 0 Å². The Hall–Kier alpha value is -0.420. The van der Waals surface area contributed by atoms with Gasteiger partial charge in [-0.05, 0) is 0 Å². The van der Waals surface area contributed by atoms with Crippen LogP contribution in [0.15, 0.2) is 0 Å². The van der Waals surface area contributed by atoms with Crippen molar-refractivity contribution in [3.05, 3.63) is 0 Å². The molecule has 6 nitrogen and oxygen atoms in total. The number of epoxide rings is 1. The maximum atomic E-state index is 10.6. The molecule has 2 atom stereocenters. The van der Waals surface area contributed by atoms with E-state index in [4.69, 9.17) is 4.89 Å². The average Bonchev–Trinajstić information content (AvgIpc) is 2.65. The van der Waals surface area contributed by atoms with Gasteiger partial charge in [0, 0.05) is 0 Å². The summed E-state index contributed by atoms with van der Waals surface area (Å²) in [5, 5.41) is 0. The number of carbonyl (C=O) groups excluding carboxylic acids is 1. The Morgan fingerprint density at radius 1 is 1.82 bits per heavy atom. The van der Waals surface area contributed by atoms with Gasteiger partial charge in [-0.15, -0.1) is 0 Å². The molecule has 1 aliphatic rings. The highest BCUT2D eigenvalue weighted by molar-refractivity contribution is 7.47. The molecule has 0 amide bonds. The second-order valence-electron chi connectivity index (χ2n) is 1.92. The van der Waals surface area contributed by atoms with Gasteiger partial charge in [0.2, 0.25) is 0 Å². The predicted molar refractivity (Wildman–Crippen MR) is 32.7 cm³/mol. The SMILES string of the molecule is O=COP(=O)(O)OCC1CO1. The van der Waals surface area contributed by atoms with Crippen molar-refractivity contribution in [1.82, 2.24) is 0 Å². The summed E-state index contributed by atoms with van der Waals surface area (Å²) in [6.45, 7) is 0.358. The zero-order valence-corrected chi connectivity index (χ0v) is 6.40. The van der Waals surface area contributed by atoms with Crippen LogP contribution in [0.4, 0.5) is 0 Å². The maximum Gasteiger partial charge on any atom is 0.529 e. The zero-order chi connectivity index (χ0) is 8.32. The number of rotatable bonds is 5. The molecular weight excluding hydrogens is 175 g/mol. The molecule has 7 heteroatoms. The quantitative estimate of drug-likeness (QED) is 0.356. The Morgan fingerprint density at radius 3 is 2.91 bits per heavy atom. The number of carbonyl (C=O) groups is 1.